The largest absolute Gasteiger partial charge is 0.385 e. The summed E-state index contributed by atoms with van der Waals surface area (Å²) in [6.45, 7) is 14.1. The summed E-state index contributed by atoms with van der Waals surface area (Å²) >= 11 is 0. The van der Waals surface area contributed by atoms with Crippen LogP contribution in [0, 0.1) is 46.3 Å². The number of fused-ring (bicyclic) bond motifs is 5. The number of rotatable bonds is 4. The highest BCUT2D eigenvalue weighted by Crippen LogP contribution is 2.67. The first-order valence-electron chi connectivity index (χ1n) is 12.4. The molecule has 0 spiro atoms. The number of hydrogen-bond donors (Lipinski definition) is 1. The van der Waals surface area contributed by atoms with Crippen molar-refractivity contribution in [3.05, 3.63) is 36.0 Å². The van der Waals surface area contributed by atoms with Crippen LogP contribution in [0.4, 0.5) is 0 Å². The molecule has 0 unspecified atom stereocenters. The van der Waals surface area contributed by atoms with Crippen LogP contribution < -0.4 is 0 Å². The van der Waals surface area contributed by atoms with Crippen LogP contribution >= 0.6 is 0 Å². The fraction of sp³-hybridized carbons (Fsp3) is 0.750. The van der Waals surface area contributed by atoms with Crippen LogP contribution in [0.3, 0.4) is 0 Å². The molecule has 2 heteroatoms. The van der Waals surface area contributed by atoms with Gasteiger partial charge in [0.1, 0.15) is 0 Å². The van der Waals surface area contributed by atoms with E-state index in [4.69, 9.17) is 0 Å². The molecule has 166 valence electrons. The molecule has 0 aliphatic heterocycles. The van der Waals surface area contributed by atoms with Crippen LogP contribution in [-0.4, -0.2) is 16.5 Å². The Labute approximate surface area is 183 Å². The third kappa shape index (κ3) is 3.20. The summed E-state index contributed by atoms with van der Waals surface area (Å²) in [5, 5.41) is 12.2. The topological polar surface area (TPSA) is 37.3 Å². The molecule has 0 aromatic carbocycles. The van der Waals surface area contributed by atoms with Crippen molar-refractivity contribution in [3.8, 4) is 0 Å². The molecule has 0 amide bonds. The van der Waals surface area contributed by atoms with Crippen molar-refractivity contribution >= 4 is 5.78 Å². The molecular weight excluding hydrogens is 368 g/mol. The summed E-state index contributed by atoms with van der Waals surface area (Å²) < 4.78 is 0. The van der Waals surface area contributed by atoms with Gasteiger partial charge in [-0.15, -0.1) is 0 Å². The monoisotopic (exact) mass is 410 g/mol. The number of carbonyl (C=O) groups excluding carboxylic acids is 1. The van der Waals surface area contributed by atoms with Crippen molar-refractivity contribution in [1.82, 2.24) is 0 Å². The van der Waals surface area contributed by atoms with E-state index in [1.165, 1.54) is 12.8 Å². The molecule has 2 saturated carbocycles. The van der Waals surface area contributed by atoms with Crippen molar-refractivity contribution in [2.75, 3.05) is 0 Å². The summed E-state index contributed by atoms with van der Waals surface area (Å²) in [5.41, 5.74) is 0.547. The third-order valence-electron chi connectivity index (χ3n) is 10.1. The molecule has 0 saturated heterocycles. The number of carbonyl (C=O) groups is 1. The minimum absolute atomic E-state index is 0.0605. The molecule has 0 heterocycles. The molecule has 4 aliphatic carbocycles. The Kier molecular flexibility index (Phi) is 5.49. The van der Waals surface area contributed by atoms with Gasteiger partial charge in [-0.3, -0.25) is 4.79 Å². The van der Waals surface area contributed by atoms with Gasteiger partial charge >= 0.3 is 0 Å². The van der Waals surface area contributed by atoms with Crippen LogP contribution in [0.2, 0.25) is 0 Å². The van der Waals surface area contributed by atoms with Crippen molar-refractivity contribution in [3.63, 3.8) is 0 Å². The highest BCUT2D eigenvalue weighted by Gasteiger charge is 2.64. The van der Waals surface area contributed by atoms with Crippen LogP contribution in [0.25, 0.3) is 0 Å². The minimum atomic E-state index is -0.733. The number of hydrogen-bond acceptors (Lipinski definition) is 2. The first-order chi connectivity index (χ1) is 14.0. The molecule has 2 nitrogen and oxygen atoms in total. The van der Waals surface area contributed by atoms with Gasteiger partial charge in [-0.05, 0) is 84.2 Å². The second-order valence-corrected chi connectivity index (χ2v) is 11.9. The zero-order chi connectivity index (χ0) is 21.9. The summed E-state index contributed by atoms with van der Waals surface area (Å²) in [4.78, 5) is 12.0. The molecule has 0 bridgehead atoms. The van der Waals surface area contributed by atoms with Gasteiger partial charge in [0, 0.05) is 12.3 Å². The summed E-state index contributed by atoms with van der Waals surface area (Å²) in [5.74, 6) is 3.27. The Morgan fingerprint density at radius 3 is 2.47 bits per heavy atom. The van der Waals surface area contributed by atoms with Gasteiger partial charge in [0.15, 0.2) is 5.78 Å². The fourth-order valence-electron chi connectivity index (χ4n) is 7.72. The number of allylic oxidation sites excluding steroid dienone is 5. The van der Waals surface area contributed by atoms with Crippen molar-refractivity contribution in [2.24, 2.45) is 46.3 Å². The van der Waals surface area contributed by atoms with Gasteiger partial charge in [-0.2, -0.15) is 0 Å². The molecule has 4 rings (SSSR count). The average molecular weight is 411 g/mol. The van der Waals surface area contributed by atoms with Crippen LogP contribution in [0.5, 0.6) is 0 Å². The van der Waals surface area contributed by atoms with E-state index in [2.05, 4.69) is 65.8 Å². The Morgan fingerprint density at radius 2 is 1.77 bits per heavy atom. The first-order valence-corrected chi connectivity index (χ1v) is 12.4. The maximum absolute atomic E-state index is 12.2. The van der Waals surface area contributed by atoms with Gasteiger partial charge in [0.25, 0.3) is 0 Å². The zero-order valence-electron chi connectivity index (χ0n) is 19.9. The Morgan fingerprint density at radius 1 is 1.03 bits per heavy atom. The zero-order valence-corrected chi connectivity index (χ0v) is 19.9. The van der Waals surface area contributed by atoms with E-state index in [1.807, 2.05) is 6.08 Å². The number of aliphatic hydroxyl groups is 1. The fourth-order valence-corrected chi connectivity index (χ4v) is 7.72. The lowest BCUT2D eigenvalue weighted by Crippen LogP contribution is -2.60. The van der Waals surface area contributed by atoms with Crippen LogP contribution in [0.15, 0.2) is 36.0 Å². The molecule has 1 N–H and O–H groups in total. The lowest BCUT2D eigenvalue weighted by Gasteiger charge is -2.60. The quantitative estimate of drug-likeness (QED) is 0.536. The van der Waals surface area contributed by atoms with Gasteiger partial charge in [-0.25, -0.2) is 0 Å². The maximum atomic E-state index is 12.2. The summed E-state index contributed by atoms with van der Waals surface area (Å²) in [6, 6.07) is 0. The molecule has 4 aliphatic rings. The molecule has 8 atom stereocenters. The normalized spacial score (nSPS) is 45.1. The highest BCUT2D eigenvalue weighted by molar-refractivity contribution is 5.92. The van der Waals surface area contributed by atoms with E-state index in [1.54, 1.807) is 0 Å². The van der Waals surface area contributed by atoms with E-state index in [9.17, 15) is 9.90 Å². The van der Waals surface area contributed by atoms with Crippen molar-refractivity contribution in [2.45, 2.75) is 85.7 Å². The van der Waals surface area contributed by atoms with E-state index in [0.29, 0.717) is 36.0 Å². The van der Waals surface area contributed by atoms with Gasteiger partial charge in [-0.1, -0.05) is 65.8 Å². The number of ketones is 1. The second kappa shape index (κ2) is 7.47. The van der Waals surface area contributed by atoms with E-state index < -0.39 is 5.60 Å². The van der Waals surface area contributed by atoms with Crippen LogP contribution in [0.1, 0.15) is 80.1 Å². The van der Waals surface area contributed by atoms with Crippen molar-refractivity contribution < 1.29 is 9.90 Å². The predicted octanol–water partition coefficient (Wildman–Crippen LogP) is 6.51. The second-order valence-electron chi connectivity index (χ2n) is 11.9. The molecule has 0 aromatic rings. The predicted molar refractivity (Wildman–Crippen MR) is 124 cm³/mol. The Hall–Kier alpha value is -1.15. The van der Waals surface area contributed by atoms with Gasteiger partial charge in [0.05, 0.1) is 5.60 Å². The minimum Gasteiger partial charge on any atom is -0.385 e. The lowest BCUT2D eigenvalue weighted by molar-refractivity contribution is -0.149. The highest BCUT2D eigenvalue weighted by atomic mass is 16.3. The van der Waals surface area contributed by atoms with Crippen molar-refractivity contribution in [1.29, 1.82) is 0 Å². The van der Waals surface area contributed by atoms with Gasteiger partial charge < -0.3 is 5.11 Å². The molecule has 0 aromatic heterocycles. The molecule has 2 fully saturated rings. The molecule has 0 radical (unpaired) electrons. The van der Waals surface area contributed by atoms with Gasteiger partial charge in [0.2, 0.25) is 0 Å². The smallest absolute Gasteiger partial charge is 0.156 e. The molecule has 30 heavy (non-hydrogen) atoms. The maximum Gasteiger partial charge on any atom is 0.156 e. The summed E-state index contributed by atoms with van der Waals surface area (Å²) in [7, 11) is 0. The lowest BCUT2D eigenvalue weighted by atomic mass is 9.46. The van der Waals surface area contributed by atoms with E-state index >= 15 is 0 Å². The van der Waals surface area contributed by atoms with E-state index in [0.717, 1.165) is 24.8 Å². The summed E-state index contributed by atoms with van der Waals surface area (Å²) in [6.07, 6.45) is 17.0. The van der Waals surface area contributed by atoms with Crippen LogP contribution in [-0.2, 0) is 4.79 Å². The average Bonchev–Trinajstić information content (AvgIpc) is 3.05. The Balaban J connectivity index is 1.62. The van der Waals surface area contributed by atoms with E-state index in [-0.39, 0.29) is 22.5 Å². The SMILES string of the molecule is CC(C)[C@@H](C)C=C[C@@H](C)[C@H]1CC[C@H]2[C@]3(O)C=CC4=CC(=O)CC[C@]4(C)[C@H]3CC[C@]12C. The molecular formula is C28H42O2. The third-order valence-corrected chi connectivity index (χ3v) is 10.1. The standard InChI is InChI=1S/C28H42O2/c1-18(2)19(3)7-8-20(4)23-9-10-24-27(23,6)15-13-25-26(5)14-12-22(29)17-21(26)11-16-28(24,25)30/h7-8,11,16-20,23-25,30H,9-10,12-15H2,1-6H3/t19-,20+,23+,24+,25+,26-,27+,28+/m0/s1. The Bertz CT molecular complexity index is 788. The first kappa shape index (κ1) is 22.1.